The largest absolute Gasteiger partial charge is 0.467 e. The molecule has 1 aromatic carbocycles. The highest BCUT2D eigenvalue weighted by Crippen LogP contribution is 2.21. The molecule has 1 N–H and O–H groups in total. The molecule has 1 amide bonds. The van der Waals surface area contributed by atoms with Crippen LogP contribution in [0.2, 0.25) is 5.02 Å². The number of thioether (sulfide) groups is 1. The summed E-state index contributed by atoms with van der Waals surface area (Å²) < 4.78 is 4.54. The van der Waals surface area contributed by atoms with Crippen molar-refractivity contribution in [2.75, 3.05) is 12.9 Å². The lowest BCUT2D eigenvalue weighted by Crippen LogP contribution is -2.39. The van der Waals surface area contributed by atoms with Gasteiger partial charge in [0.15, 0.2) is 0 Å². The van der Waals surface area contributed by atoms with E-state index in [2.05, 4.69) is 10.1 Å². The second-order valence-electron chi connectivity index (χ2n) is 4.22. The molecule has 0 bridgehead atoms. The molecule has 0 radical (unpaired) electrons. The van der Waals surface area contributed by atoms with Gasteiger partial charge >= 0.3 is 5.97 Å². The predicted molar refractivity (Wildman–Crippen MR) is 81.0 cm³/mol. The minimum absolute atomic E-state index is 0.139. The van der Waals surface area contributed by atoms with Crippen molar-refractivity contribution >= 4 is 35.2 Å². The van der Waals surface area contributed by atoms with Gasteiger partial charge in [0.1, 0.15) is 6.04 Å². The first-order valence-corrected chi connectivity index (χ1v) is 7.65. The molecule has 0 saturated carbocycles. The highest BCUT2D eigenvalue weighted by Gasteiger charge is 2.15. The van der Waals surface area contributed by atoms with E-state index >= 15 is 0 Å². The van der Waals surface area contributed by atoms with Gasteiger partial charge < -0.3 is 10.1 Å². The SMILES string of the molecule is COC(=O)C(C)NC(=O)CCCSc1ccc(Cl)cc1. The zero-order valence-electron chi connectivity index (χ0n) is 11.5. The highest BCUT2D eigenvalue weighted by molar-refractivity contribution is 7.99. The van der Waals surface area contributed by atoms with Gasteiger partial charge in [-0.15, -0.1) is 11.8 Å². The monoisotopic (exact) mass is 315 g/mol. The molecular formula is C14H18ClNO3S. The number of hydrogen-bond donors (Lipinski definition) is 1. The van der Waals surface area contributed by atoms with E-state index in [0.717, 1.165) is 17.1 Å². The third kappa shape index (κ3) is 6.30. The van der Waals surface area contributed by atoms with Gasteiger partial charge in [-0.2, -0.15) is 0 Å². The van der Waals surface area contributed by atoms with Crippen molar-refractivity contribution in [1.82, 2.24) is 5.32 Å². The first-order valence-electron chi connectivity index (χ1n) is 6.28. The van der Waals surface area contributed by atoms with E-state index in [1.807, 2.05) is 24.3 Å². The summed E-state index contributed by atoms with van der Waals surface area (Å²) in [6, 6.07) is 6.98. The van der Waals surface area contributed by atoms with Gasteiger partial charge in [0.2, 0.25) is 5.91 Å². The molecular weight excluding hydrogens is 298 g/mol. The summed E-state index contributed by atoms with van der Waals surface area (Å²) in [4.78, 5) is 23.8. The predicted octanol–water partition coefficient (Wildman–Crippen LogP) is 2.89. The maximum atomic E-state index is 11.6. The number of methoxy groups -OCH3 is 1. The van der Waals surface area contributed by atoms with Crippen molar-refractivity contribution in [1.29, 1.82) is 0 Å². The molecule has 0 fully saturated rings. The van der Waals surface area contributed by atoms with E-state index in [1.165, 1.54) is 7.11 Å². The van der Waals surface area contributed by atoms with Crippen LogP contribution in [0.25, 0.3) is 0 Å². The van der Waals surface area contributed by atoms with Gasteiger partial charge in [-0.3, -0.25) is 4.79 Å². The molecule has 1 atom stereocenters. The molecule has 1 aromatic rings. The Bertz CT molecular complexity index is 450. The van der Waals surface area contributed by atoms with E-state index in [9.17, 15) is 9.59 Å². The van der Waals surface area contributed by atoms with Crippen molar-refractivity contribution < 1.29 is 14.3 Å². The molecule has 6 heteroatoms. The fourth-order valence-electron chi connectivity index (χ4n) is 1.50. The molecule has 0 aliphatic rings. The van der Waals surface area contributed by atoms with Crippen LogP contribution in [0.4, 0.5) is 0 Å². The molecule has 20 heavy (non-hydrogen) atoms. The first-order chi connectivity index (χ1) is 9.52. The number of hydrogen-bond acceptors (Lipinski definition) is 4. The van der Waals surface area contributed by atoms with Crippen molar-refractivity contribution in [3.8, 4) is 0 Å². The molecule has 0 heterocycles. The summed E-state index contributed by atoms with van der Waals surface area (Å²) in [6.45, 7) is 1.60. The third-order valence-corrected chi connectivity index (χ3v) is 3.91. The summed E-state index contributed by atoms with van der Waals surface area (Å²) >= 11 is 7.47. The number of halogens is 1. The van der Waals surface area contributed by atoms with E-state index in [1.54, 1.807) is 18.7 Å². The molecule has 4 nitrogen and oxygen atoms in total. The zero-order valence-corrected chi connectivity index (χ0v) is 13.1. The van der Waals surface area contributed by atoms with E-state index < -0.39 is 12.0 Å². The Labute approximate surface area is 128 Å². The van der Waals surface area contributed by atoms with E-state index in [-0.39, 0.29) is 5.91 Å². The van der Waals surface area contributed by atoms with Gasteiger partial charge in [0.05, 0.1) is 7.11 Å². The smallest absolute Gasteiger partial charge is 0.328 e. The molecule has 1 rings (SSSR count). The van der Waals surface area contributed by atoms with E-state index in [0.29, 0.717) is 11.4 Å². The number of rotatable bonds is 7. The Balaban J connectivity index is 2.19. The Morgan fingerprint density at radius 3 is 2.60 bits per heavy atom. The van der Waals surface area contributed by atoms with Gasteiger partial charge in [-0.25, -0.2) is 4.79 Å². The van der Waals surface area contributed by atoms with Crippen LogP contribution in [-0.4, -0.2) is 30.8 Å². The average Bonchev–Trinajstić information content (AvgIpc) is 2.44. The molecule has 1 unspecified atom stereocenters. The lowest BCUT2D eigenvalue weighted by atomic mass is 10.3. The van der Waals surface area contributed by atoms with Crippen molar-refractivity contribution in [3.05, 3.63) is 29.3 Å². The number of carbonyl (C=O) groups excluding carboxylic acids is 2. The topological polar surface area (TPSA) is 55.4 Å². The van der Waals surface area contributed by atoms with E-state index in [4.69, 9.17) is 11.6 Å². The lowest BCUT2D eigenvalue weighted by Gasteiger charge is -2.11. The second kappa shape index (κ2) is 8.87. The standard InChI is InChI=1S/C14H18ClNO3S/c1-10(14(18)19-2)16-13(17)4-3-9-20-12-7-5-11(15)6-8-12/h5-8,10H,3-4,9H2,1-2H3,(H,16,17). The van der Waals surface area contributed by atoms with Gasteiger partial charge in [0.25, 0.3) is 0 Å². The van der Waals surface area contributed by atoms with Crippen LogP contribution in [0.15, 0.2) is 29.2 Å². The number of ether oxygens (including phenoxy) is 1. The normalized spacial score (nSPS) is 11.8. The minimum Gasteiger partial charge on any atom is -0.467 e. The van der Waals surface area contributed by atoms with Crippen molar-refractivity contribution in [2.24, 2.45) is 0 Å². The van der Waals surface area contributed by atoms with Crippen molar-refractivity contribution in [2.45, 2.75) is 30.7 Å². The van der Waals surface area contributed by atoms with Crippen LogP contribution >= 0.6 is 23.4 Å². The average molecular weight is 316 g/mol. The molecule has 0 aliphatic heterocycles. The number of esters is 1. The van der Waals surface area contributed by atoms with Crippen LogP contribution in [0, 0.1) is 0 Å². The molecule has 110 valence electrons. The van der Waals surface area contributed by atoms with Gasteiger partial charge in [-0.1, -0.05) is 11.6 Å². The van der Waals surface area contributed by atoms with Crippen LogP contribution in [0.3, 0.4) is 0 Å². The number of amides is 1. The maximum Gasteiger partial charge on any atom is 0.328 e. The summed E-state index contributed by atoms with van der Waals surface area (Å²) in [5, 5.41) is 3.31. The summed E-state index contributed by atoms with van der Waals surface area (Å²) in [6.07, 6.45) is 1.13. The summed E-state index contributed by atoms with van der Waals surface area (Å²) in [5.41, 5.74) is 0. The number of benzene rings is 1. The zero-order chi connectivity index (χ0) is 15.0. The summed E-state index contributed by atoms with van der Waals surface area (Å²) in [5.74, 6) is 0.260. The third-order valence-electron chi connectivity index (χ3n) is 2.56. The first kappa shape index (κ1) is 16.9. The van der Waals surface area contributed by atoms with Gasteiger partial charge in [-0.05, 0) is 43.4 Å². The summed E-state index contributed by atoms with van der Waals surface area (Å²) in [7, 11) is 1.30. The quantitative estimate of drug-likeness (QED) is 0.477. The fourth-order valence-corrected chi connectivity index (χ4v) is 2.48. The molecule has 0 spiro atoms. The number of nitrogens with one attached hydrogen (secondary N) is 1. The maximum absolute atomic E-state index is 11.6. The minimum atomic E-state index is -0.601. The lowest BCUT2D eigenvalue weighted by molar-refractivity contribution is -0.144. The molecule has 0 aliphatic carbocycles. The fraction of sp³-hybridized carbons (Fsp3) is 0.429. The Hall–Kier alpha value is -1.20. The highest BCUT2D eigenvalue weighted by atomic mass is 35.5. The van der Waals surface area contributed by atoms with Crippen LogP contribution < -0.4 is 5.32 Å². The van der Waals surface area contributed by atoms with Crippen LogP contribution in [0.5, 0.6) is 0 Å². The Morgan fingerprint density at radius 1 is 1.35 bits per heavy atom. The Kier molecular flexibility index (Phi) is 7.47. The molecule has 0 aromatic heterocycles. The van der Waals surface area contributed by atoms with Crippen LogP contribution in [-0.2, 0) is 14.3 Å². The number of carbonyl (C=O) groups is 2. The molecule has 0 saturated heterocycles. The van der Waals surface area contributed by atoms with Crippen LogP contribution in [0.1, 0.15) is 19.8 Å². The second-order valence-corrected chi connectivity index (χ2v) is 5.82. The van der Waals surface area contributed by atoms with Crippen molar-refractivity contribution in [3.63, 3.8) is 0 Å². The Morgan fingerprint density at radius 2 is 2.00 bits per heavy atom. The van der Waals surface area contributed by atoms with Gasteiger partial charge in [0, 0.05) is 16.3 Å².